The number of hydrogen-bond donors (Lipinski definition) is 0. The van der Waals surface area contributed by atoms with E-state index in [-0.39, 0.29) is 11.9 Å². The molecule has 1 amide bonds. The third-order valence-electron chi connectivity index (χ3n) is 5.19. The van der Waals surface area contributed by atoms with Crippen LogP contribution in [-0.4, -0.2) is 41.7 Å². The van der Waals surface area contributed by atoms with Gasteiger partial charge in [0.2, 0.25) is 11.7 Å². The quantitative estimate of drug-likeness (QED) is 0.527. The standard InChI is InChI=1S/C22H22BrN3O4/c1-28-17-11-15(12-18(13-17)29-2)22(27)26-10-4-3-5-19(26)21-24-20(25-30-21)14-6-8-16(23)9-7-14/h6-9,11-13,19H,3-5,10H2,1-2H3. The molecule has 3 aromatic rings. The maximum Gasteiger partial charge on any atom is 0.254 e. The minimum Gasteiger partial charge on any atom is -0.497 e. The summed E-state index contributed by atoms with van der Waals surface area (Å²) in [4.78, 5) is 19.7. The maximum atomic E-state index is 13.4. The van der Waals surface area contributed by atoms with Crippen LogP contribution in [0.1, 0.15) is 41.6 Å². The molecule has 1 saturated heterocycles. The van der Waals surface area contributed by atoms with Gasteiger partial charge >= 0.3 is 0 Å². The predicted octanol–water partition coefficient (Wildman–Crippen LogP) is 4.88. The predicted molar refractivity (Wildman–Crippen MR) is 115 cm³/mol. The molecule has 0 aliphatic carbocycles. The number of aromatic nitrogens is 2. The molecule has 0 radical (unpaired) electrons. The summed E-state index contributed by atoms with van der Waals surface area (Å²) < 4.78 is 17.2. The van der Waals surface area contributed by atoms with E-state index in [2.05, 4.69) is 26.1 Å². The topological polar surface area (TPSA) is 77.7 Å². The molecule has 2 heterocycles. The van der Waals surface area contributed by atoms with Crippen molar-refractivity contribution in [3.63, 3.8) is 0 Å². The highest BCUT2D eigenvalue weighted by Crippen LogP contribution is 2.33. The molecule has 1 aliphatic heterocycles. The Kier molecular flexibility index (Phi) is 6.03. The first-order valence-electron chi connectivity index (χ1n) is 9.72. The number of hydrogen-bond acceptors (Lipinski definition) is 6. The van der Waals surface area contributed by atoms with Crippen molar-refractivity contribution in [2.24, 2.45) is 0 Å². The van der Waals surface area contributed by atoms with E-state index >= 15 is 0 Å². The van der Waals surface area contributed by atoms with Crippen LogP contribution in [0.3, 0.4) is 0 Å². The highest BCUT2D eigenvalue weighted by Gasteiger charge is 2.33. The van der Waals surface area contributed by atoms with Gasteiger partial charge in [-0.1, -0.05) is 21.1 Å². The number of rotatable bonds is 5. The average molecular weight is 472 g/mol. The Morgan fingerprint density at radius 1 is 1.10 bits per heavy atom. The SMILES string of the molecule is COc1cc(OC)cc(C(=O)N2CCCCC2c2nc(-c3ccc(Br)cc3)no2)c1. The van der Waals surface area contributed by atoms with Gasteiger partial charge < -0.3 is 18.9 Å². The number of halogens is 1. The summed E-state index contributed by atoms with van der Waals surface area (Å²) in [5.74, 6) is 2.00. The first-order valence-corrected chi connectivity index (χ1v) is 10.5. The van der Waals surface area contributed by atoms with Crippen molar-refractivity contribution in [3.8, 4) is 22.9 Å². The monoisotopic (exact) mass is 471 g/mol. The molecule has 0 saturated carbocycles. The molecule has 1 aromatic heterocycles. The number of likely N-dealkylation sites (tertiary alicyclic amines) is 1. The van der Waals surface area contributed by atoms with E-state index in [1.165, 1.54) is 0 Å². The molecule has 7 nitrogen and oxygen atoms in total. The summed E-state index contributed by atoms with van der Waals surface area (Å²) >= 11 is 3.43. The second-order valence-corrected chi connectivity index (χ2v) is 7.99. The first kappa shape index (κ1) is 20.4. The summed E-state index contributed by atoms with van der Waals surface area (Å²) in [7, 11) is 3.13. The molecule has 2 aromatic carbocycles. The van der Waals surface area contributed by atoms with Gasteiger partial charge in [-0.3, -0.25) is 4.79 Å². The van der Waals surface area contributed by atoms with Crippen molar-refractivity contribution in [2.45, 2.75) is 25.3 Å². The van der Waals surface area contributed by atoms with Gasteiger partial charge in [0.25, 0.3) is 5.91 Å². The maximum absolute atomic E-state index is 13.4. The molecule has 0 N–H and O–H groups in total. The Bertz CT molecular complexity index is 1010. The number of nitrogens with zero attached hydrogens (tertiary/aromatic N) is 3. The number of ether oxygens (including phenoxy) is 2. The van der Waals surface area contributed by atoms with Crippen LogP contribution in [0.2, 0.25) is 0 Å². The smallest absolute Gasteiger partial charge is 0.254 e. The highest BCUT2D eigenvalue weighted by atomic mass is 79.9. The van der Waals surface area contributed by atoms with Crippen LogP contribution in [0.15, 0.2) is 51.5 Å². The van der Waals surface area contributed by atoms with E-state index in [4.69, 9.17) is 14.0 Å². The second kappa shape index (κ2) is 8.87. The summed E-state index contributed by atoms with van der Waals surface area (Å²) in [6.07, 6.45) is 2.69. The third kappa shape index (κ3) is 4.18. The Hall–Kier alpha value is -2.87. The molecule has 0 spiro atoms. The van der Waals surface area contributed by atoms with Gasteiger partial charge in [0.1, 0.15) is 17.5 Å². The van der Waals surface area contributed by atoms with Gasteiger partial charge in [-0.15, -0.1) is 0 Å². The van der Waals surface area contributed by atoms with Crippen LogP contribution < -0.4 is 9.47 Å². The lowest BCUT2D eigenvalue weighted by Crippen LogP contribution is -2.38. The zero-order valence-electron chi connectivity index (χ0n) is 16.8. The lowest BCUT2D eigenvalue weighted by Gasteiger charge is -2.33. The second-order valence-electron chi connectivity index (χ2n) is 7.07. The summed E-state index contributed by atoms with van der Waals surface area (Å²) in [5.41, 5.74) is 1.37. The van der Waals surface area contributed by atoms with Crippen molar-refractivity contribution in [3.05, 3.63) is 58.4 Å². The number of amides is 1. The average Bonchev–Trinajstić information content (AvgIpc) is 3.28. The summed E-state index contributed by atoms with van der Waals surface area (Å²) in [6, 6.07) is 12.6. The first-order chi connectivity index (χ1) is 14.6. The number of benzene rings is 2. The number of carbonyl (C=O) groups excluding carboxylic acids is 1. The molecule has 30 heavy (non-hydrogen) atoms. The lowest BCUT2D eigenvalue weighted by atomic mass is 10.0. The molecule has 1 atom stereocenters. The van der Waals surface area contributed by atoms with Crippen molar-refractivity contribution in [2.75, 3.05) is 20.8 Å². The van der Waals surface area contributed by atoms with Crippen molar-refractivity contribution in [1.82, 2.24) is 15.0 Å². The summed E-state index contributed by atoms with van der Waals surface area (Å²) in [6.45, 7) is 0.624. The fourth-order valence-electron chi connectivity index (χ4n) is 3.61. The molecular formula is C22H22BrN3O4. The van der Waals surface area contributed by atoms with E-state index in [1.807, 2.05) is 24.3 Å². The van der Waals surface area contributed by atoms with Gasteiger partial charge in [-0.2, -0.15) is 4.98 Å². The van der Waals surface area contributed by atoms with E-state index in [0.29, 0.717) is 35.3 Å². The molecule has 1 unspecified atom stereocenters. The Morgan fingerprint density at radius 2 is 1.80 bits per heavy atom. The Balaban J connectivity index is 1.62. The Labute approximate surface area is 183 Å². The summed E-state index contributed by atoms with van der Waals surface area (Å²) in [5, 5.41) is 4.13. The zero-order chi connectivity index (χ0) is 21.1. The fraction of sp³-hybridized carbons (Fsp3) is 0.318. The van der Waals surface area contributed by atoms with Gasteiger partial charge in [0, 0.05) is 28.2 Å². The normalized spacial score (nSPS) is 16.4. The number of carbonyl (C=O) groups is 1. The number of methoxy groups -OCH3 is 2. The van der Waals surface area contributed by atoms with Crippen LogP contribution in [0.25, 0.3) is 11.4 Å². The molecule has 156 valence electrons. The lowest BCUT2D eigenvalue weighted by molar-refractivity contribution is 0.0560. The Morgan fingerprint density at radius 3 is 2.47 bits per heavy atom. The van der Waals surface area contributed by atoms with Gasteiger partial charge in [0.15, 0.2) is 0 Å². The van der Waals surface area contributed by atoms with Crippen LogP contribution in [0, 0.1) is 0 Å². The minimum absolute atomic E-state index is 0.111. The van der Waals surface area contributed by atoms with Gasteiger partial charge in [0.05, 0.1) is 14.2 Å². The molecule has 4 rings (SSSR count). The third-order valence-corrected chi connectivity index (χ3v) is 5.72. The van der Waals surface area contributed by atoms with Gasteiger partial charge in [-0.25, -0.2) is 0 Å². The fourth-order valence-corrected chi connectivity index (χ4v) is 3.88. The van der Waals surface area contributed by atoms with Gasteiger partial charge in [-0.05, 0) is 55.7 Å². The van der Waals surface area contributed by atoms with E-state index in [9.17, 15) is 4.79 Å². The number of piperidine rings is 1. The van der Waals surface area contributed by atoms with Crippen molar-refractivity contribution < 1.29 is 18.8 Å². The van der Waals surface area contributed by atoms with E-state index < -0.39 is 0 Å². The molecule has 8 heteroatoms. The van der Waals surface area contributed by atoms with Crippen LogP contribution in [-0.2, 0) is 0 Å². The molecule has 1 aliphatic rings. The largest absolute Gasteiger partial charge is 0.497 e. The van der Waals surface area contributed by atoms with Crippen molar-refractivity contribution >= 4 is 21.8 Å². The van der Waals surface area contributed by atoms with Crippen LogP contribution in [0.5, 0.6) is 11.5 Å². The minimum atomic E-state index is -0.264. The van der Waals surface area contributed by atoms with Crippen LogP contribution in [0.4, 0.5) is 0 Å². The van der Waals surface area contributed by atoms with Crippen LogP contribution >= 0.6 is 15.9 Å². The molecule has 0 bridgehead atoms. The molecular weight excluding hydrogens is 450 g/mol. The highest BCUT2D eigenvalue weighted by molar-refractivity contribution is 9.10. The van der Waals surface area contributed by atoms with E-state index in [0.717, 1.165) is 29.3 Å². The van der Waals surface area contributed by atoms with E-state index in [1.54, 1.807) is 37.3 Å². The van der Waals surface area contributed by atoms with Crippen molar-refractivity contribution in [1.29, 1.82) is 0 Å². The zero-order valence-corrected chi connectivity index (χ0v) is 18.4. The molecule has 1 fully saturated rings.